The second-order valence-electron chi connectivity index (χ2n) is 10.4. The fourth-order valence-electron chi connectivity index (χ4n) is 7.02. The summed E-state index contributed by atoms with van der Waals surface area (Å²) in [4.78, 5) is 0. The third-order valence-electron chi connectivity index (χ3n) is 8.55. The van der Waals surface area contributed by atoms with Crippen molar-refractivity contribution in [1.29, 1.82) is 5.26 Å². The molecule has 0 fully saturated rings. The Balaban J connectivity index is 1.53. The highest BCUT2D eigenvalue weighted by Gasteiger charge is 2.21. The van der Waals surface area contributed by atoms with Gasteiger partial charge in [0.05, 0.1) is 11.6 Å². The van der Waals surface area contributed by atoms with Gasteiger partial charge in [0, 0.05) is 0 Å². The Labute approximate surface area is 218 Å². The maximum Gasteiger partial charge on any atom is 0.0991 e. The van der Waals surface area contributed by atoms with E-state index in [9.17, 15) is 5.26 Å². The van der Waals surface area contributed by atoms with E-state index in [1.54, 1.807) is 0 Å². The molecule has 9 aromatic rings. The molecule has 9 aromatic carbocycles. The molecule has 0 saturated heterocycles. The third kappa shape index (κ3) is 2.36. The first-order valence-corrected chi connectivity index (χ1v) is 13.0. The van der Waals surface area contributed by atoms with Gasteiger partial charge in [-0.2, -0.15) is 5.26 Å². The van der Waals surface area contributed by atoms with E-state index in [1.165, 1.54) is 81.0 Å². The van der Waals surface area contributed by atoms with Gasteiger partial charge in [-0.1, -0.05) is 91.0 Å². The summed E-state index contributed by atoms with van der Waals surface area (Å²) in [6.45, 7) is 0. The summed E-state index contributed by atoms with van der Waals surface area (Å²) in [7, 11) is 0. The number of rotatable bonds is 1. The Bertz CT molecular complexity index is 2430. The molecule has 38 heavy (non-hydrogen) atoms. The summed E-state index contributed by atoms with van der Waals surface area (Å²) in [6.07, 6.45) is 0. The van der Waals surface area contributed by atoms with Crippen LogP contribution in [0.1, 0.15) is 5.56 Å². The first-order valence-electron chi connectivity index (χ1n) is 13.0. The largest absolute Gasteiger partial charge is 0.192 e. The highest BCUT2D eigenvalue weighted by molar-refractivity contribution is 6.42. The molecule has 0 saturated carbocycles. The Hall–Kier alpha value is -5.19. The van der Waals surface area contributed by atoms with E-state index in [2.05, 4.69) is 109 Å². The molecule has 0 aliphatic heterocycles. The van der Waals surface area contributed by atoms with Crippen molar-refractivity contribution in [3.63, 3.8) is 0 Å². The molecule has 0 amide bonds. The lowest BCUT2D eigenvalue weighted by atomic mass is 9.89. The second kappa shape index (κ2) is 6.97. The van der Waals surface area contributed by atoms with E-state index in [0.29, 0.717) is 5.56 Å². The molecule has 0 aliphatic rings. The summed E-state index contributed by atoms with van der Waals surface area (Å²) in [5.41, 5.74) is 3.06. The number of hydrogen-bond donors (Lipinski definition) is 0. The van der Waals surface area contributed by atoms with Crippen LogP contribution < -0.4 is 0 Å². The molecule has 9 rings (SSSR count). The fraction of sp³-hybridized carbons (Fsp3) is 0. The molecule has 0 spiro atoms. The second-order valence-corrected chi connectivity index (χ2v) is 10.4. The van der Waals surface area contributed by atoms with Crippen LogP contribution in [0.15, 0.2) is 115 Å². The standard InChI is InChI=1S/C37H19N/c38-20-21-14-16-23(17-15-21)35-24-8-1-2-9-25(24)37-33-19-31-27-11-4-7-22-6-3-10-26(34(22)27)30(31)18-32(33)28-12-5-13-29(35)36(28)37/h1-19H. The van der Waals surface area contributed by atoms with Crippen LogP contribution in [0.3, 0.4) is 0 Å². The topological polar surface area (TPSA) is 23.8 Å². The van der Waals surface area contributed by atoms with E-state index in [4.69, 9.17) is 0 Å². The third-order valence-corrected chi connectivity index (χ3v) is 8.55. The van der Waals surface area contributed by atoms with Crippen LogP contribution >= 0.6 is 0 Å². The van der Waals surface area contributed by atoms with Gasteiger partial charge >= 0.3 is 0 Å². The molecule has 0 unspecified atom stereocenters. The van der Waals surface area contributed by atoms with Crippen LogP contribution in [-0.4, -0.2) is 0 Å². The molecule has 0 N–H and O–H groups in total. The van der Waals surface area contributed by atoms with Crippen molar-refractivity contribution in [2.24, 2.45) is 0 Å². The lowest BCUT2D eigenvalue weighted by molar-refractivity contribution is 1.49. The zero-order chi connectivity index (χ0) is 25.0. The minimum absolute atomic E-state index is 0.682. The average Bonchev–Trinajstić information content (AvgIpc) is 3.47. The summed E-state index contributed by atoms with van der Waals surface area (Å²) in [6, 6.07) is 44.0. The van der Waals surface area contributed by atoms with Crippen molar-refractivity contribution in [3.05, 3.63) is 121 Å². The molecule has 0 atom stereocenters. The Morgan fingerprint density at radius 3 is 1.61 bits per heavy atom. The quantitative estimate of drug-likeness (QED) is 0.216. The summed E-state index contributed by atoms with van der Waals surface area (Å²) >= 11 is 0. The predicted molar refractivity (Wildman–Crippen MR) is 162 cm³/mol. The summed E-state index contributed by atoms with van der Waals surface area (Å²) in [5, 5.41) is 27.8. The number of fused-ring (bicyclic) bond motifs is 8. The van der Waals surface area contributed by atoms with Crippen molar-refractivity contribution in [2.45, 2.75) is 0 Å². The van der Waals surface area contributed by atoms with Gasteiger partial charge in [-0.05, 0) is 111 Å². The molecule has 0 aliphatic carbocycles. The zero-order valence-electron chi connectivity index (χ0n) is 20.4. The van der Waals surface area contributed by atoms with Crippen LogP contribution in [0.2, 0.25) is 0 Å². The van der Waals surface area contributed by atoms with Crippen LogP contribution in [0, 0.1) is 11.3 Å². The minimum atomic E-state index is 0.682. The molecule has 172 valence electrons. The number of nitrogens with zero attached hydrogens (tertiary/aromatic N) is 1. The Kier molecular flexibility index (Phi) is 3.66. The summed E-state index contributed by atoms with van der Waals surface area (Å²) < 4.78 is 0. The molecule has 0 heterocycles. The van der Waals surface area contributed by atoms with E-state index in [1.807, 2.05) is 12.1 Å². The van der Waals surface area contributed by atoms with Gasteiger partial charge < -0.3 is 0 Å². The molecular formula is C37H19N. The smallest absolute Gasteiger partial charge is 0.0991 e. The average molecular weight is 478 g/mol. The summed E-state index contributed by atoms with van der Waals surface area (Å²) in [5.74, 6) is 0. The highest BCUT2D eigenvalue weighted by Crippen LogP contribution is 2.49. The molecule has 0 bridgehead atoms. The first-order chi connectivity index (χ1) is 18.8. The van der Waals surface area contributed by atoms with Crippen LogP contribution in [0.25, 0.3) is 86.5 Å². The van der Waals surface area contributed by atoms with Crippen molar-refractivity contribution < 1.29 is 0 Å². The van der Waals surface area contributed by atoms with E-state index in [-0.39, 0.29) is 0 Å². The molecule has 0 radical (unpaired) electrons. The van der Waals surface area contributed by atoms with Gasteiger partial charge in [-0.25, -0.2) is 0 Å². The number of nitriles is 1. The van der Waals surface area contributed by atoms with E-state index in [0.717, 1.165) is 5.56 Å². The van der Waals surface area contributed by atoms with Gasteiger partial charge in [0.2, 0.25) is 0 Å². The van der Waals surface area contributed by atoms with Gasteiger partial charge in [0.1, 0.15) is 0 Å². The molecule has 1 nitrogen and oxygen atoms in total. The molecular weight excluding hydrogens is 458 g/mol. The maximum absolute atomic E-state index is 9.35. The Morgan fingerprint density at radius 2 is 0.895 bits per heavy atom. The van der Waals surface area contributed by atoms with Gasteiger partial charge in [-0.15, -0.1) is 0 Å². The maximum atomic E-state index is 9.35. The number of benzene rings is 7. The monoisotopic (exact) mass is 477 g/mol. The van der Waals surface area contributed by atoms with Crippen LogP contribution in [-0.2, 0) is 0 Å². The van der Waals surface area contributed by atoms with Crippen molar-refractivity contribution in [3.8, 4) is 17.2 Å². The zero-order valence-corrected chi connectivity index (χ0v) is 20.4. The van der Waals surface area contributed by atoms with Gasteiger partial charge in [0.25, 0.3) is 0 Å². The molecule has 1 heteroatoms. The highest BCUT2D eigenvalue weighted by atomic mass is 14.3. The lowest BCUT2D eigenvalue weighted by Gasteiger charge is -2.13. The van der Waals surface area contributed by atoms with Crippen LogP contribution in [0.4, 0.5) is 0 Å². The Morgan fingerprint density at radius 1 is 0.395 bits per heavy atom. The SMILES string of the molecule is N#Cc1ccc(-c2c3ccccc3c3c4cc5c(cc4c4cccc2c43)c2cccc3cccc5c32)cc1. The predicted octanol–water partition coefficient (Wildman–Crippen LogP) is 10.2. The fourth-order valence-corrected chi connectivity index (χ4v) is 7.02. The van der Waals surface area contributed by atoms with Gasteiger partial charge in [-0.3, -0.25) is 0 Å². The van der Waals surface area contributed by atoms with Gasteiger partial charge in [0.15, 0.2) is 0 Å². The number of hydrogen-bond acceptors (Lipinski definition) is 1. The van der Waals surface area contributed by atoms with Crippen molar-refractivity contribution >= 4 is 75.4 Å². The first kappa shape index (κ1) is 19.9. The normalized spacial score (nSPS) is 12.2. The van der Waals surface area contributed by atoms with E-state index >= 15 is 0 Å². The van der Waals surface area contributed by atoms with Crippen molar-refractivity contribution in [1.82, 2.24) is 0 Å². The van der Waals surface area contributed by atoms with E-state index < -0.39 is 0 Å². The van der Waals surface area contributed by atoms with Crippen LogP contribution in [0.5, 0.6) is 0 Å². The minimum Gasteiger partial charge on any atom is -0.192 e. The molecule has 0 aromatic heterocycles. The lowest BCUT2D eigenvalue weighted by Crippen LogP contribution is -1.86. The van der Waals surface area contributed by atoms with Crippen molar-refractivity contribution in [2.75, 3.05) is 0 Å².